The lowest BCUT2D eigenvalue weighted by molar-refractivity contribution is 1.02. The van der Waals surface area contributed by atoms with E-state index >= 15 is 0 Å². The highest BCUT2D eigenvalue weighted by atomic mass is 14.9. The minimum atomic E-state index is 1.01. The summed E-state index contributed by atoms with van der Waals surface area (Å²) in [7, 11) is 0. The van der Waals surface area contributed by atoms with Crippen molar-refractivity contribution < 1.29 is 0 Å². The fraction of sp³-hybridized carbons (Fsp3) is 0.158. The third kappa shape index (κ3) is 3.18. The summed E-state index contributed by atoms with van der Waals surface area (Å²) in [5.41, 5.74) is 3.60. The molecule has 0 spiro atoms. The first-order valence-electron chi connectivity index (χ1n) is 6.94. The van der Waals surface area contributed by atoms with Crippen molar-refractivity contribution in [3.05, 3.63) is 79.0 Å². The second-order valence-electron chi connectivity index (χ2n) is 4.86. The SMILES string of the molecule is C=C/C=C(\C)Nc1cccc2c(CCC=C)cccc12. The van der Waals surface area contributed by atoms with E-state index in [2.05, 4.69) is 54.9 Å². The summed E-state index contributed by atoms with van der Waals surface area (Å²) >= 11 is 0. The van der Waals surface area contributed by atoms with Gasteiger partial charge in [0.1, 0.15) is 0 Å². The summed E-state index contributed by atoms with van der Waals surface area (Å²) in [6, 6.07) is 12.9. The highest BCUT2D eigenvalue weighted by Crippen LogP contribution is 2.27. The van der Waals surface area contributed by atoms with E-state index in [1.54, 1.807) is 6.08 Å². The summed E-state index contributed by atoms with van der Waals surface area (Å²) in [5, 5.41) is 6.01. The minimum Gasteiger partial charge on any atom is -0.359 e. The van der Waals surface area contributed by atoms with E-state index in [9.17, 15) is 0 Å². The normalized spacial score (nSPS) is 11.3. The van der Waals surface area contributed by atoms with Crippen LogP contribution in [0.1, 0.15) is 18.9 Å². The molecule has 0 saturated heterocycles. The minimum absolute atomic E-state index is 1.01. The van der Waals surface area contributed by atoms with Gasteiger partial charge >= 0.3 is 0 Å². The lowest BCUT2D eigenvalue weighted by Gasteiger charge is -2.12. The third-order valence-corrected chi connectivity index (χ3v) is 3.33. The molecule has 0 saturated carbocycles. The standard InChI is InChI=1S/C19H21N/c1-4-6-10-16-11-7-13-18-17(16)12-8-14-19(18)20-15(3)9-5-2/h4-5,7-9,11-14,20H,1-2,6,10H2,3H3/b15-9+. The number of aryl methyl sites for hydroxylation is 1. The molecule has 1 nitrogen and oxygen atoms in total. The van der Waals surface area contributed by atoms with Crippen molar-refractivity contribution in [3.8, 4) is 0 Å². The average molecular weight is 263 g/mol. The summed E-state index contributed by atoms with van der Waals surface area (Å²) in [6.07, 6.45) is 7.78. The van der Waals surface area contributed by atoms with Crippen LogP contribution < -0.4 is 5.32 Å². The van der Waals surface area contributed by atoms with Gasteiger partial charge in [0.25, 0.3) is 0 Å². The van der Waals surface area contributed by atoms with Crippen LogP contribution in [0.5, 0.6) is 0 Å². The second kappa shape index (κ2) is 6.76. The Labute approximate surface area is 121 Å². The fourth-order valence-electron chi connectivity index (χ4n) is 2.39. The van der Waals surface area contributed by atoms with Crippen LogP contribution in [0, 0.1) is 0 Å². The Bertz CT molecular complexity index is 650. The van der Waals surface area contributed by atoms with Crippen molar-refractivity contribution in [2.75, 3.05) is 5.32 Å². The van der Waals surface area contributed by atoms with E-state index < -0.39 is 0 Å². The van der Waals surface area contributed by atoms with E-state index in [-0.39, 0.29) is 0 Å². The maximum Gasteiger partial charge on any atom is 0.0461 e. The maximum atomic E-state index is 3.80. The molecule has 1 heteroatoms. The lowest BCUT2D eigenvalue weighted by atomic mass is 9.99. The van der Waals surface area contributed by atoms with Crippen molar-refractivity contribution in [2.45, 2.75) is 19.8 Å². The number of allylic oxidation sites excluding steroid dienone is 4. The molecule has 0 heterocycles. The van der Waals surface area contributed by atoms with Gasteiger partial charge in [-0.2, -0.15) is 0 Å². The number of fused-ring (bicyclic) bond motifs is 1. The van der Waals surface area contributed by atoms with Gasteiger partial charge in [-0.25, -0.2) is 0 Å². The Morgan fingerprint density at radius 2 is 1.85 bits per heavy atom. The molecule has 0 unspecified atom stereocenters. The van der Waals surface area contributed by atoms with Gasteiger partial charge in [-0.1, -0.05) is 49.1 Å². The molecule has 1 N–H and O–H groups in total. The largest absolute Gasteiger partial charge is 0.359 e. The van der Waals surface area contributed by atoms with Crippen molar-refractivity contribution in [1.82, 2.24) is 0 Å². The predicted octanol–water partition coefficient (Wildman–Crippen LogP) is 5.46. The Kier molecular flexibility index (Phi) is 4.78. The van der Waals surface area contributed by atoms with E-state index in [1.807, 2.05) is 19.1 Å². The fourth-order valence-corrected chi connectivity index (χ4v) is 2.39. The average Bonchev–Trinajstić information content (AvgIpc) is 2.45. The topological polar surface area (TPSA) is 12.0 Å². The molecule has 20 heavy (non-hydrogen) atoms. The van der Waals surface area contributed by atoms with Crippen LogP contribution >= 0.6 is 0 Å². The van der Waals surface area contributed by atoms with Crippen molar-refractivity contribution >= 4 is 16.5 Å². The third-order valence-electron chi connectivity index (χ3n) is 3.33. The van der Waals surface area contributed by atoms with Crippen LogP contribution in [-0.2, 0) is 6.42 Å². The van der Waals surface area contributed by atoms with Gasteiger partial charge in [0.15, 0.2) is 0 Å². The van der Waals surface area contributed by atoms with Gasteiger partial charge < -0.3 is 5.32 Å². The van der Waals surface area contributed by atoms with Crippen molar-refractivity contribution in [1.29, 1.82) is 0 Å². The zero-order valence-electron chi connectivity index (χ0n) is 12.0. The monoisotopic (exact) mass is 263 g/mol. The number of nitrogens with one attached hydrogen (secondary N) is 1. The maximum absolute atomic E-state index is 3.80. The van der Waals surface area contributed by atoms with E-state index in [0.29, 0.717) is 0 Å². The van der Waals surface area contributed by atoms with Gasteiger partial charge in [0.2, 0.25) is 0 Å². The van der Waals surface area contributed by atoms with Gasteiger partial charge in [-0.15, -0.1) is 6.58 Å². The van der Waals surface area contributed by atoms with E-state index in [4.69, 9.17) is 0 Å². The number of anilines is 1. The summed E-state index contributed by atoms with van der Waals surface area (Å²) < 4.78 is 0. The second-order valence-corrected chi connectivity index (χ2v) is 4.86. The van der Waals surface area contributed by atoms with E-state index in [0.717, 1.165) is 24.2 Å². The molecule has 0 aliphatic rings. The Morgan fingerprint density at radius 1 is 1.10 bits per heavy atom. The first-order valence-corrected chi connectivity index (χ1v) is 6.94. The van der Waals surface area contributed by atoms with Gasteiger partial charge in [-0.3, -0.25) is 0 Å². The van der Waals surface area contributed by atoms with Gasteiger partial charge in [0, 0.05) is 16.8 Å². The number of rotatable bonds is 6. The molecule has 102 valence electrons. The van der Waals surface area contributed by atoms with Gasteiger partial charge in [-0.05, 0) is 42.9 Å². The highest BCUT2D eigenvalue weighted by molar-refractivity contribution is 5.96. The summed E-state index contributed by atoms with van der Waals surface area (Å²) in [5.74, 6) is 0. The molecule has 0 aliphatic heterocycles. The van der Waals surface area contributed by atoms with Crippen LogP contribution in [0.2, 0.25) is 0 Å². The molecule has 2 aromatic carbocycles. The summed E-state index contributed by atoms with van der Waals surface area (Å²) in [6.45, 7) is 9.57. The first kappa shape index (κ1) is 14.1. The highest BCUT2D eigenvalue weighted by Gasteiger charge is 2.04. The number of benzene rings is 2. The van der Waals surface area contributed by atoms with Crippen molar-refractivity contribution in [2.24, 2.45) is 0 Å². The van der Waals surface area contributed by atoms with Crippen LogP contribution in [-0.4, -0.2) is 0 Å². The predicted molar refractivity (Wildman–Crippen MR) is 90.0 cm³/mol. The number of hydrogen-bond acceptors (Lipinski definition) is 1. The Morgan fingerprint density at radius 3 is 2.60 bits per heavy atom. The molecule has 2 aromatic rings. The molecule has 0 atom stereocenters. The smallest absolute Gasteiger partial charge is 0.0461 e. The molecule has 0 fully saturated rings. The van der Waals surface area contributed by atoms with Crippen LogP contribution in [0.15, 0.2) is 73.5 Å². The van der Waals surface area contributed by atoms with Gasteiger partial charge in [0.05, 0.1) is 0 Å². The number of hydrogen-bond donors (Lipinski definition) is 1. The molecule has 2 rings (SSSR count). The Balaban J connectivity index is 2.44. The molecule has 0 aromatic heterocycles. The first-order chi connectivity index (χ1) is 9.76. The van der Waals surface area contributed by atoms with Crippen LogP contribution in [0.4, 0.5) is 5.69 Å². The van der Waals surface area contributed by atoms with Crippen LogP contribution in [0.3, 0.4) is 0 Å². The lowest BCUT2D eigenvalue weighted by Crippen LogP contribution is -1.96. The van der Waals surface area contributed by atoms with Crippen LogP contribution in [0.25, 0.3) is 10.8 Å². The molecule has 0 aliphatic carbocycles. The zero-order valence-corrected chi connectivity index (χ0v) is 12.0. The zero-order chi connectivity index (χ0) is 14.4. The van der Waals surface area contributed by atoms with Crippen molar-refractivity contribution in [3.63, 3.8) is 0 Å². The molecule has 0 bridgehead atoms. The quantitative estimate of drug-likeness (QED) is 0.539. The van der Waals surface area contributed by atoms with E-state index in [1.165, 1.54) is 16.3 Å². The Hall–Kier alpha value is -2.28. The summed E-state index contributed by atoms with van der Waals surface area (Å²) in [4.78, 5) is 0. The molecular formula is C19H21N. The molecule has 0 radical (unpaired) electrons. The molecule has 0 amide bonds. The molecular weight excluding hydrogens is 242 g/mol.